The zero-order valence-corrected chi connectivity index (χ0v) is 14.0. The van der Waals surface area contributed by atoms with E-state index in [1.54, 1.807) is 0 Å². The number of nitrogens with two attached hydrogens (primary N) is 1. The van der Waals surface area contributed by atoms with Crippen molar-refractivity contribution >= 4 is 5.91 Å². The van der Waals surface area contributed by atoms with Crippen LogP contribution in [0.4, 0.5) is 0 Å². The molecule has 1 amide bonds. The van der Waals surface area contributed by atoms with Gasteiger partial charge >= 0.3 is 0 Å². The second kappa shape index (κ2) is 11.8. The van der Waals surface area contributed by atoms with E-state index in [1.807, 2.05) is 0 Å². The summed E-state index contributed by atoms with van der Waals surface area (Å²) in [6.07, 6.45) is 2.45. The highest BCUT2D eigenvalue weighted by atomic mass is 16.4. The SMILES string of the molecule is CCCCCCCCCC[C@](O)(C(N)=O)[C@@H](O)[C@H](O)[C@H](O)CO. The maximum atomic E-state index is 11.5. The molecule has 0 unspecified atom stereocenters. The van der Waals surface area contributed by atoms with Crippen LogP contribution in [0, 0.1) is 0 Å². The first kappa shape index (κ1) is 22.3. The smallest absolute Gasteiger partial charge is 0.252 e. The van der Waals surface area contributed by atoms with Crippen LogP contribution in [0.2, 0.25) is 0 Å². The lowest BCUT2D eigenvalue weighted by molar-refractivity contribution is -0.175. The Labute approximate surface area is 138 Å². The van der Waals surface area contributed by atoms with Crippen molar-refractivity contribution in [2.75, 3.05) is 6.61 Å². The average Bonchev–Trinajstić information content (AvgIpc) is 2.54. The van der Waals surface area contributed by atoms with Crippen molar-refractivity contribution < 1.29 is 30.3 Å². The first-order chi connectivity index (χ1) is 10.8. The van der Waals surface area contributed by atoms with E-state index in [-0.39, 0.29) is 6.42 Å². The highest BCUT2D eigenvalue weighted by molar-refractivity contribution is 5.84. The minimum Gasteiger partial charge on any atom is -0.394 e. The fourth-order valence-corrected chi connectivity index (χ4v) is 2.55. The lowest BCUT2D eigenvalue weighted by atomic mass is 9.85. The topological polar surface area (TPSA) is 144 Å². The maximum absolute atomic E-state index is 11.5. The van der Waals surface area contributed by atoms with Crippen LogP contribution in [-0.2, 0) is 4.79 Å². The third kappa shape index (κ3) is 7.58. The van der Waals surface area contributed by atoms with Gasteiger partial charge in [0.25, 0.3) is 5.91 Å². The molecule has 0 aliphatic heterocycles. The normalized spacial score (nSPS) is 18.2. The molecular formula is C16H33NO6. The van der Waals surface area contributed by atoms with Gasteiger partial charge in [0.05, 0.1) is 6.61 Å². The van der Waals surface area contributed by atoms with Gasteiger partial charge in [-0.05, 0) is 12.8 Å². The molecule has 7 heteroatoms. The number of amides is 1. The zero-order chi connectivity index (χ0) is 17.9. The molecule has 0 bridgehead atoms. The second-order valence-corrected chi connectivity index (χ2v) is 6.20. The monoisotopic (exact) mass is 335 g/mol. The van der Waals surface area contributed by atoms with Crippen LogP contribution >= 0.6 is 0 Å². The predicted molar refractivity (Wildman–Crippen MR) is 86.5 cm³/mol. The summed E-state index contributed by atoms with van der Waals surface area (Å²) in [6.45, 7) is 1.35. The summed E-state index contributed by atoms with van der Waals surface area (Å²) < 4.78 is 0. The number of rotatable bonds is 14. The zero-order valence-electron chi connectivity index (χ0n) is 14.0. The molecule has 0 fully saturated rings. The third-order valence-corrected chi connectivity index (χ3v) is 4.23. The summed E-state index contributed by atoms with van der Waals surface area (Å²) >= 11 is 0. The Morgan fingerprint density at radius 2 is 1.48 bits per heavy atom. The molecule has 0 aliphatic rings. The molecule has 7 N–H and O–H groups in total. The number of hydrogen-bond donors (Lipinski definition) is 6. The van der Waals surface area contributed by atoms with Crippen LogP contribution in [0.3, 0.4) is 0 Å². The minimum atomic E-state index is -2.32. The molecule has 0 rings (SSSR count). The average molecular weight is 335 g/mol. The highest BCUT2D eigenvalue weighted by Crippen LogP contribution is 2.23. The first-order valence-electron chi connectivity index (χ1n) is 8.48. The van der Waals surface area contributed by atoms with Gasteiger partial charge in [-0.25, -0.2) is 0 Å². The summed E-state index contributed by atoms with van der Waals surface area (Å²) in [5.74, 6) is -1.16. The Hall–Kier alpha value is -0.730. The van der Waals surface area contributed by atoms with Crippen molar-refractivity contribution in [2.45, 2.75) is 88.6 Å². The van der Waals surface area contributed by atoms with Gasteiger partial charge in [-0.2, -0.15) is 0 Å². The van der Waals surface area contributed by atoms with Gasteiger partial charge in [0, 0.05) is 0 Å². The Morgan fingerprint density at radius 3 is 1.91 bits per heavy atom. The van der Waals surface area contributed by atoms with Crippen LogP contribution in [0.1, 0.15) is 64.7 Å². The molecule has 23 heavy (non-hydrogen) atoms. The van der Waals surface area contributed by atoms with E-state index in [1.165, 1.54) is 19.3 Å². The van der Waals surface area contributed by atoms with Gasteiger partial charge in [0.1, 0.15) is 18.3 Å². The van der Waals surface area contributed by atoms with Crippen LogP contribution in [0.5, 0.6) is 0 Å². The van der Waals surface area contributed by atoms with E-state index in [9.17, 15) is 25.2 Å². The molecule has 0 heterocycles. The Kier molecular flexibility index (Phi) is 11.4. The van der Waals surface area contributed by atoms with Crippen molar-refractivity contribution in [2.24, 2.45) is 5.73 Å². The molecule has 0 aromatic heterocycles. The summed E-state index contributed by atoms with van der Waals surface area (Å²) in [4.78, 5) is 11.5. The van der Waals surface area contributed by atoms with Gasteiger partial charge in [-0.15, -0.1) is 0 Å². The van der Waals surface area contributed by atoms with Gasteiger partial charge in [-0.1, -0.05) is 51.9 Å². The highest BCUT2D eigenvalue weighted by Gasteiger charge is 2.46. The molecule has 0 spiro atoms. The maximum Gasteiger partial charge on any atom is 0.252 e. The van der Waals surface area contributed by atoms with Crippen LogP contribution in [-0.4, -0.2) is 62.0 Å². The number of hydrogen-bond acceptors (Lipinski definition) is 6. The molecule has 0 saturated carbocycles. The number of carbonyl (C=O) groups excluding carboxylic acids is 1. The summed E-state index contributed by atoms with van der Waals surface area (Å²) in [7, 11) is 0. The van der Waals surface area contributed by atoms with Crippen molar-refractivity contribution in [3.63, 3.8) is 0 Å². The number of aliphatic hydroxyl groups excluding tert-OH is 4. The molecule has 0 radical (unpaired) electrons. The van der Waals surface area contributed by atoms with Crippen molar-refractivity contribution in [3.8, 4) is 0 Å². The van der Waals surface area contributed by atoms with Gasteiger partial charge in [0.2, 0.25) is 0 Å². The van der Waals surface area contributed by atoms with Crippen molar-refractivity contribution in [1.82, 2.24) is 0 Å². The molecule has 7 nitrogen and oxygen atoms in total. The predicted octanol–water partition coefficient (Wildman–Crippen LogP) is -0.191. The van der Waals surface area contributed by atoms with E-state index in [0.717, 1.165) is 25.7 Å². The van der Waals surface area contributed by atoms with E-state index < -0.39 is 36.4 Å². The lowest BCUT2D eigenvalue weighted by Crippen LogP contribution is -2.60. The molecular weight excluding hydrogens is 302 g/mol. The number of carbonyl (C=O) groups is 1. The molecule has 0 aromatic carbocycles. The van der Waals surface area contributed by atoms with Gasteiger partial charge in [0.15, 0.2) is 5.60 Å². The summed E-state index contributed by atoms with van der Waals surface area (Å²) in [5, 5.41) is 48.0. The number of aliphatic hydroxyl groups is 5. The van der Waals surface area contributed by atoms with Crippen LogP contribution in [0.25, 0.3) is 0 Å². The number of unbranched alkanes of at least 4 members (excludes halogenated alkanes) is 7. The number of primary amides is 1. The molecule has 0 aromatic rings. The molecule has 4 atom stereocenters. The van der Waals surface area contributed by atoms with Gasteiger partial charge < -0.3 is 31.3 Å². The van der Waals surface area contributed by atoms with Crippen LogP contribution < -0.4 is 5.73 Å². The fourth-order valence-electron chi connectivity index (χ4n) is 2.55. The van der Waals surface area contributed by atoms with Crippen molar-refractivity contribution in [3.05, 3.63) is 0 Å². The summed E-state index contributed by atoms with van der Waals surface area (Å²) in [5.41, 5.74) is 2.82. The van der Waals surface area contributed by atoms with E-state index in [0.29, 0.717) is 6.42 Å². The third-order valence-electron chi connectivity index (χ3n) is 4.23. The van der Waals surface area contributed by atoms with E-state index in [4.69, 9.17) is 10.8 Å². The molecule has 0 saturated heterocycles. The largest absolute Gasteiger partial charge is 0.394 e. The van der Waals surface area contributed by atoms with E-state index in [2.05, 4.69) is 6.92 Å². The Balaban J connectivity index is 4.31. The lowest BCUT2D eigenvalue weighted by Gasteiger charge is -2.34. The minimum absolute atomic E-state index is 0.104. The van der Waals surface area contributed by atoms with Crippen LogP contribution in [0.15, 0.2) is 0 Å². The Bertz CT molecular complexity index is 328. The summed E-state index contributed by atoms with van der Waals surface area (Å²) in [6, 6.07) is 0. The second-order valence-electron chi connectivity index (χ2n) is 6.20. The van der Waals surface area contributed by atoms with Crippen molar-refractivity contribution in [1.29, 1.82) is 0 Å². The van der Waals surface area contributed by atoms with E-state index >= 15 is 0 Å². The van der Waals surface area contributed by atoms with Gasteiger partial charge in [-0.3, -0.25) is 4.79 Å². The molecule has 0 aliphatic carbocycles. The quantitative estimate of drug-likeness (QED) is 0.243. The molecule has 138 valence electrons. The standard InChI is InChI=1S/C16H33NO6/c1-2-3-4-5-6-7-8-9-10-16(23,15(17)22)14(21)13(20)12(19)11-18/h12-14,18-21,23H,2-11H2,1H3,(H2,17,22)/t12-,13-,14+,16-/m1/s1. The first-order valence-corrected chi connectivity index (χ1v) is 8.48. The fraction of sp³-hybridized carbons (Fsp3) is 0.938. The Morgan fingerprint density at radius 1 is 1.00 bits per heavy atom.